The first-order valence-corrected chi connectivity index (χ1v) is 40.8. The third-order valence-electron chi connectivity index (χ3n) is 16.9. The smallest absolute Gasteiger partial charge is 0.462 e. The number of ether oxygens (including phenoxy) is 4. The van der Waals surface area contributed by atoms with Crippen LogP contribution in [0.2, 0.25) is 0 Å². The van der Waals surface area contributed by atoms with Gasteiger partial charge in [0.05, 0.1) is 26.4 Å². The van der Waals surface area contributed by atoms with E-state index in [9.17, 15) is 43.2 Å². The zero-order valence-electron chi connectivity index (χ0n) is 58.8. The quantitative estimate of drug-likeness (QED) is 0.0222. The van der Waals surface area contributed by atoms with Gasteiger partial charge in [-0.15, -0.1) is 0 Å². The monoisotopic (exact) mass is 1340 g/mol. The lowest BCUT2D eigenvalue weighted by Gasteiger charge is -2.21. The van der Waals surface area contributed by atoms with Crippen LogP contribution in [0, 0.1) is 0 Å². The van der Waals surface area contributed by atoms with Crippen LogP contribution in [0.1, 0.15) is 381 Å². The van der Waals surface area contributed by atoms with Crippen molar-refractivity contribution < 1.29 is 80.2 Å². The molecule has 3 N–H and O–H groups in total. The predicted molar refractivity (Wildman–Crippen MR) is 368 cm³/mol. The molecule has 0 aliphatic heterocycles. The Kier molecular flexibility index (Phi) is 65.2. The number of esters is 4. The summed E-state index contributed by atoms with van der Waals surface area (Å²) in [5.74, 6) is -2.12. The van der Waals surface area contributed by atoms with Crippen molar-refractivity contribution in [3.8, 4) is 0 Å². The van der Waals surface area contributed by atoms with Crippen LogP contribution in [-0.2, 0) is 65.4 Å². The van der Waals surface area contributed by atoms with Gasteiger partial charge in [-0.05, 0) is 25.7 Å². The minimum Gasteiger partial charge on any atom is -0.462 e. The second kappa shape index (κ2) is 66.7. The molecule has 0 saturated carbocycles. The van der Waals surface area contributed by atoms with Crippen molar-refractivity contribution in [2.75, 3.05) is 39.6 Å². The fourth-order valence-corrected chi connectivity index (χ4v) is 12.6. The van der Waals surface area contributed by atoms with E-state index in [0.717, 1.165) is 89.9 Å². The molecule has 0 saturated heterocycles. The Morgan fingerprint density at radius 1 is 0.264 bits per heavy atom. The van der Waals surface area contributed by atoms with E-state index in [1.807, 2.05) is 0 Å². The van der Waals surface area contributed by atoms with Crippen LogP contribution in [0.5, 0.6) is 0 Å². The molecule has 0 amide bonds. The first-order valence-electron chi connectivity index (χ1n) is 37.8. The molecule has 0 aromatic carbocycles. The Labute approximate surface area is 556 Å². The maximum atomic E-state index is 13.0. The van der Waals surface area contributed by atoms with Gasteiger partial charge in [-0.1, -0.05) is 329 Å². The molecule has 91 heavy (non-hydrogen) atoms. The Morgan fingerprint density at radius 2 is 0.440 bits per heavy atom. The van der Waals surface area contributed by atoms with Gasteiger partial charge in [-0.25, -0.2) is 9.13 Å². The first kappa shape index (κ1) is 89.1. The minimum absolute atomic E-state index is 0.106. The molecule has 5 atom stereocenters. The van der Waals surface area contributed by atoms with Gasteiger partial charge in [0.25, 0.3) is 0 Å². The van der Waals surface area contributed by atoms with Crippen LogP contribution in [-0.4, -0.2) is 96.7 Å². The summed E-state index contributed by atoms with van der Waals surface area (Å²) in [6.07, 6.45) is 55.5. The highest BCUT2D eigenvalue weighted by Gasteiger charge is 2.30. The number of aliphatic hydroxyl groups is 1. The minimum atomic E-state index is -4.95. The van der Waals surface area contributed by atoms with Crippen molar-refractivity contribution in [3.05, 3.63) is 0 Å². The molecular weight excluding hydrogens is 1200 g/mol. The number of phosphoric ester groups is 2. The summed E-state index contributed by atoms with van der Waals surface area (Å²) in [6.45, 7) is 4.93. The van der Waals surface area contributed by atoms with Crippen LogP contribution in [0.15, 0.2) is 0 Å². The van der Waals surface area contributed by atoms with Gasteiger partial charge in [-0.3, -0.25) is 37.3 Å². The van der Waals surface area contributed by atoms with E-state index < -0.39 is 97.5 Å². The summed E-state index contributed by atoms with van der Waals surface area (Å²) in [6, 6.07) is 0. The highest BCUT2D eigenvalue weighted by atomic mass is 31.2. The molecule has 540 valence electrons. The third-order valence-corrected chi connectivity index (χ3v) is 18.8. The molecule has 0 aliphatic carbocycles. The molecule has 0 spiro atoms. The lowest BCUT2D eigenvalue weighted by atomic mass is 10.0. The van der Waals surface area contributed by atoms with Gasteiger partial charge >= 0.3 is 39.5 Å². The Bertz CT molecular complexity index is 1740. The summed E-state index contributed by atoms with van der Waals surface area (Å²) >= 11 is 0. The molecule has 0 bridgehead atoms. The van der Waals surface area contributed by atoms with Crippen molar-refractivity contribution in [1.82, 2.24) is 0 Å². The zero-order chi connectivity index (χ0) is 66.8. The second-order valence-corrected chi connectivity index (χ2v) is 28.9. The SMILES string of the molecule is CCCCCCCCCCCCCCCCCCCCC(=O)O[C@H](COC(=O)CCCCCCCCCCCCCCCCC)COP(=O)(O)OC[C@@H](O)COP(=O)(O)OC[C@@H](COC(=O)CCCCCCCCCCC)OC(=O)CCCCCCCCCCC. The highest BCUT2D eigenvalue weighted by molar-refractivity contribution is 7.47. The fourth-order valence-electron chi connectivity index (χ4n) is 11.0. The summed E-state index contributed by atoms with van der Waals surface area (Å²) < 4.78 is 68.3. The summed E-state index contributed by atoms with van der Waals surface area (Å²) in [7, 11) is -9.90. The van der Waals surface area contributed by atoms with E-state index >= 15 is 0 Å². The maximum absolute atomic E-state index is 13.0. The molecule has 0 heterocycles. The molecule has 0 fully saturated rings. The molecular formula is C72H140O17P2. The van der Waals surface area contributed by atoms with Crippen molar-refractivity contribution in [2.45, 2.75) is 399 Å². The Balaban J connectivity index is 5.19. The van der Waals surface area contributed by atoms with E-state index in [1.54, 1.807) is 0 Å². The number of unbranched alkanes of at least 4 members (excludes halogenated alkanes) is 47. The van der Waals surface area contributed by atoms with Crippen LogP contribution in [0.3, 0.4) is 0 Å². The number of rotatable bonds is 73. The fraction of sp³-hybridized carbons (Fsp3) is 0.944. The van der Waals surface area contributed by atoms with Crippen LogP contribution in [0.4, 0.5) is 0 Å². The molecule has 19 heteroatoms. The van der Waals surface area contributed by atoms with Gasteiger partial charge < -0.3 is 33.8 Å². The Hall–Kier alpha value is -1.94. The second-order valence-electron chi connectivity index (χ2n) is 26.0. The van der Waals surface area contributed by atoms with Crippen LogP contribution in [0.25, 0.3) is 0 Å². The standard InChI is InChI=1S/C72H140O17P2/c1-5-9-13-17-21-25-27-29-31-32-33-35-37-39-43-47-51-55-59-72(77)89-68(63-83-70(75)57-53-49-45-42-38-36-34-30-28-26-22-18-14-10-6-2)65-87-91(80,81)85-61-66(73)60-84-90(78,79)86-64-67(88-71(76)58-54-50-46-41-24-20-16-12-8-4)62-82-69(74)56-52-48-44-40-23-19-15-11-7-3/h66-68,73H,5-65H2,1-4H3,(H,78,79)(H,80,81)/t66-,67+,68+/m0/s1. The van der Waals surface area contributed by atoms with E-state index in [1.165, 1.54) is 212 Å². The van der Waals surface area contributed by atoms with Crippen molar-refractivity contribution in [3.63, 3.8) is 0 Å². The summed E-state index contributed by atoms with van der Waals surface area (Å²) in [5, 5.41) is 10.6. The average Bonchev–Trinajstić information content (AvgIpc) is 3.35. The number of hydrogen-bond donors (Lipinski definition) is 3. The van der Waals surface area contributed by atoms with Gasteiger partial charge in [0.2, 0.25) is 0 Å². The number of carbonyl (C=O) groups is 4. The van der Waals surface area contributed by atoms with E-state index in [2.05, 4.69) is 27.7 Å². The van der Waals surface area contributed by atoms with Crippen molar-refractivity contribution in [2.24, 2.45) is 0 Å². The largest absolute Gasteiger partial charge is 0.472 e. The number of aliphatic hydroxyl groups excluding tert-OH is 1. The van der Waals surface area contributed by atoms with Crippen molar-refractivity contribution >= 4 is 39.5 Å². The molecule has 0 radical (unpaired) electrons. The lowest BCUT2D eigenvalue weighted by molar-refractivity contribution is -0.161. The van der Waals surface area contributed by atoms with E-state index in [-0.39, 0.29) is 25.7 Å². The van der Waals surface area contributed by atoms with Gasteiger partial charge in [-0.2, -0.15) is 0 Å². The maximum Gasteiger partial charge on any atom is 0.472 e. The van der Waals surface area contributed by atoms with Gasteiger partial charge in [0.15, 0.2) is 12.2 Å². The number of phosphoric acid groups is 2. The van der Waals surface area contributed by atoms with E-state index in [0.29, 0.717) is 25.7 Å². The summed E-state index contributed by atoms with van der Waals surface area (Å²) in [5.41, 5.74) is 0. The molecule has 0 aromatic rings. The highest BCUT2D eigenvalue weighted by Crippen LogP contribution is 2.45. The summed E-state index contributed by atoms with van der Waals surface area (Å²) in [4.78, 5) is 72.5. The molecule has 0 aliphatic rings. The van der Waals surface area contributed by atoms with E-state index in [4.69, 9.17) is 37.0 Å². The normalized spacial score (nSPS) is 14.0. The first-order chi connectivity index (χ1) is 44.2. The van der Waals surface area contributed by atoms with Crippen molar-refractivity contribution in [1.29, 1.82) is 0 Å². The zero-order valence-corrected chi connectivity index (χ0v) is 60.6. The molecule has 0 aromatic heterocycles. The number of carbonyl (C=O) groups excluding carboxylic acids is 4. The third kappa shape index (κ3) is 66.5. The predicted octanol–water partition coefficient (Wildman–Crippen LogP) is 21.1. The molecule has 0 rings (SSSR count). The Morgan fingerprint density at radius 3 is 0.648 bits per heavy atom. The van der Waals surface area contributed by atoms with Gasteiger partial charge in [0.1, 0.15) is 19.3 Å². The number of hydrogen-bond acceptors (Lipinski definition) is 15. The average molecular weight is 1340 g/mol. The topological polar surface area (TPSA) is 237 Å². The van der Waals surface area contributed by atoms with Crippen LogP contribution >= 0.6 is 15.6 Å². The molecule has 2 unspecified atom stereocenters. The lowest BCUT2D eigenvalue weighted by Crippen LogP contribution is -2.30. The van der Waals surface area contributed by atoms with Gasteiger partial charge in [0, 0.05) is 25.7 Å². The van der Waals surface area contributed by atoms with Crippen LogP contribution < -0.4 is 0 Å². The molecule has 17 nitrogen and oxygen atoms in total.